The van der Waals surface area contributed by atoms with Crippen molar-refractivity contribution in [2.45, 2.75) is 6.92 Å². The molecule has 0 aromatic carbocycles. The van der Waals surface area contributed by atoms with Gasteiger partial charge < -0.3 is 14.5 Å². The average molecular weight is 142 g/mol. The van der Waals surface area contributed by atoms with Crippen LogP contribution in [-0.4, -0.2) is 36.9 Å². The molecule has 0 atom stereocenters. The maximum atomic E-state index is 5.21. The SMILES string of the molecule is CCOCN1C=CN(C)C1. The number of hydrogen-bond donors (Lipinski definition) is 0. The van der Waals surface area contributed by atoms with Crippen molar-refractivity contribution in [3.63, 3.8) is 0 Å². The molecule has 3 heteroatoms. The summed E-state index contributed by atoms with van der Waals surface area (Å²) in [6.45, 7) is 4.44. The second kappa shape index (κ2) is 3.46. The minimum absolute atomic E-state index is 0.706. The van der Waals surface area contributed by atoms with Gasteiger partial charge in [-0.15, -0.1) is 0 Å². The van der Waals surface area contributed by atoms with Crippen LogP contribution in [0.25, 0.3) is 0 Å². The van der Waals surface area contributed by atoms with Gasteiger partial charge in [0.1, 0.15) is 6.73 Å². The van der Waals surface area contributed by atoms with Gasteiger partial charge >= 0.3 is 0 Å². The second-order valence-electron chi connectivity index (χ2n) is 2.41. The third kappa shape index (κ3) is 1.92. The molecular formula is C7H14N2O. The van der Waals surface area contributed by atoms with E-state index in [1.165, 1.54) is 0 Å². The Morgan fingerprint density at radius 3 is 2.80 bits per heavy atom. The van der Waals surface area contributed by atoms with Gasteiger partial charge in [0.2, 0.25) is 0 Å². The summed E-state index contributed by atoms with van der Waals surface area (Å²) in [6.07, 6.45) is 4.08. The summed E-state index contributed by atoms with van der Waals surface area (Å²) < 4.78 is 5.21. The van der Waals surface area contributed by atoms with E-state index < -0.39 is 0 Å². The molecule has 1 rings (SSSR count). The van der Waals surface area contributed by atoms with Crippen molar-refractivity contribution in [1.29, 1.82) is 0 Å². The highest BCUT2D eigenvalue weighted by Crippen LogP contribution is 2.02. The van der Waals surface area contributed by atoms with Crippen LogP contribution in [0.4, 0.5) is 0 Å². The Morgan fingerprint density at radius 1 is 1.50 bits per heavy atom. The first kappa shape index (κ1) is 7.41. The first-order valence-corrected chi connectivity index (χ1v) is 3.53. The summed E-state index contributed by atoms with van der Waals surface area (Å²) in [5.41, 5.74) is 0. The molecular weight excluding hydrogens is 128 g/mol. The van der Waals surface area contributed by atoms with Gasteiger partial charge in [-0.1, -0.05) is 0 Å². The predicted molar refractivity (Wildman–Crippen MR) is 40.1 cm³/mol. The van der Waals surface area contributed by atoms with Crippen molar-refractivity contribution in [2.75, 3.05) is 27.1 Å². The van der Waals surface area contributed by atoms with Crippen molar-refractivity contribution in [1.82, 2.24) is 9.80 Å². The van der Waals surface area contributed by atoms with E-state index in [9.17, 15) is 0 Å². The van der Waals surface area contributed by atoms with Gasteiger partial charge in [0.05, 0.1) is 6.67 Å². The van der Waals surface area contributed by atoms with Crippen LogP contribution in [0.2, 0.25) is 0 Å². The minimum Gasteiger partial charge on any atom is -0.362 e. The lowest BCUT2D eigenvalue weighted by Crippen LogP contribution is -2.24. The molecule has 1 aliphatic rings. The van der Waals surface area contributed by atoms with Crippen LogP contribution in [0, 0.1) is 0 Å². The molecule has 0 saturated heterocycles. The van der Waals surface area contributed by atoms with Gasteiger partial charge in [0, 0.05) is 26.1 Å². The van der Waals surface area contributed by atoms with E-state index in [1.54, 1.807) is 0 Å². The Morgan fingerprint density at radius 2 is 2.30 bits per heavy atom. The van der Waals surface area contributed by atoms with E-state index in [0.717, 1.165) is 13.3 Å². The topological polar surface area (TPSA) is 15.7 Å². The van der Waals surface area contributed by atoms with Crippen LogP contribution in [0.5, 0.6) is 0 Å². The highest BCUT2D eigenvalue weighted by molar-refractivity contribution is 4.87. The fourth-order valence-corrected chi connectivity index (χ4v) is 0.881. The van der Waals surface area contributed by atoms with Crippen LogP contribution in [0.1, 0.15) is 6.92 Å². The quantitative estimate of drug-likeness (QED) is 0.575. The van der Waals surface area contributed by atoms with E-state index in [0.29, 0.717) is 6.73 Å². The molecule has 1 aliphatic heterocycles. The normalized spacial score (nSPS) is 17.0. The molecule has 0 spiro atoms. The first-order chi connectivity index (χ1) is 4.83. The summed E-state index contributed by atoms with van der Waals surface area (Å²) >= 11 is 0. The lowest BCUT2D eigenvalue weighted by molar-refractivity contribution is 0.0549. The third-order valence-electron chi connectivity index (χ3n) is 1.40. The van der Waals surface area contributed by atoms with E-state index >= 15 is 0 Å². The Hall–Kier alpha value is -0.700. The van der Waals surface area contributed by atoms with Crippen molar-refractivity contribution >= 4 is 0 Å². The maximum Gasteiger partial charge on any atom is 0.119 e. The average Bonchev–Trinajstić information content (AvgIpc) is 2.31. The largest absolute Gasteiger partial charge is 0.362 e. The van der Waals surface area contributed by atoms with E-state index in [1.807, 2.05) is 26.4 Å². The summed E-state index contributed by atoms with van der Waals surface area (Å²) in [4.78, 5) is 4.22. The molecule has 3 nitrogen and oxygen atoms in total. The molecule has 0 aromatic rings. The molecule has 0 bridgehead atoms. The van der Waals surface area contributed by atoms with Gasteiger partial charge in [-0.2, -0.15) is 0 Å². The second-order valence-corrected chi connectivity index (χ2v) is 2.41. The molecule has 1 heterocycles. The molecule has 0 amide bonds. The molecule has 0 unspecified atom stereocenters. The molecule has 0 fully saturated rings. The first-order valence-electron chi connectivity index (χ1n) is 3.53. The van der Waals surface area contributed by atoms with Crippen LogP contribution in [0.3, 0.4) is 0 Å². The standard InChI is InChI=1S/C7H14N2O/c1-3-10-7-9-5-4-8(2)6-9/h4-5H,3,6-7H2,1-2H3. The fourth-order valence-electron chi connectivity index (χ4n) is 0.881. The Kier molecular flexibility index (Phi) is 2.57. The van der Waals surface area contributed by atoms with E-state index in [2.05, 4.69) is 9.80 Å². The highest BCUT2D eigenvalue weighted by Gasteiger charge is 2.06. The van der Waals surface area contributed by atoms with E-state index in [4.69, 9.17) is 4.74 Å². The molecule has 0 radical (unpaired) electrons. The third-order valence-corrected chi connectivity index (χ3v) is 1.40. The molecule has 0 aliphatic carbocycles. The summed E-state index contributed by atoms with van der Waals surface area (Å²) in [6, 6.07) is 0. The smallest absolute Gasteiger partial charge is 0.119 e. The number of nitrogens with zero attached hydrogens (tertiary/aromatic N) is 2. The zero-order chi connectivity index (χ0) is 7.40. The van der Waals surface area contributed by atoms with Crippen LogP contribution < -0.4 is 0 Å². The van der Waals surface area contributed by atoms with Gasteiger partial charge in [0.15, 0.2) is 0 Å². The monoisotopic (exact) mass is 142 g/mol. The minimum atomic E-state index is 0.706. The Balaban J connectivity index is 2.14. The van der Waals surface area contributed by atoms with Crippen LogP contribution in [-0.2, 0) is 4.74 Å². The molecule has 0 saturated carbocycles. The summed E-state index contributed by atoms with van der Waals surface area (Å²) in [7, 11) is 2.04. The zero-order valence-electron chi connectivity index (χ0n) is 6.58. The van der Waals surface area contributed by atoms with Crippen molar-refractivity contribution < 1.29 is 4.74 Å². The molecule has 0 N–H and O–H groups in total. The molecule has 0 aromatic heterocycles. The predicted octanol–water partition coefficient (Wildman–Crippen LogP) is 0.657. The maximum absolute atomic E-state index is 5.21. The summed E-state index contributed by atoms with van der Waals surface area (Å²) in [5, 5.41) is 0. The molecule has 10 heavy (non-hydrogen) atoms. The number of ether oxygens (including phenoxy) is 1. The zero-order valence-corrected chi connectivity index (χ0v) is 6.58. The van der Waals surface area contributed by atoms with Crippen LogP contribution >= 0.6 is 0 Å². The van der Waals surface area contributed by atoms with Crippen molar-refractivity contribution in [3.8, 4) is 0 Å². The number of hydrogen-bond acceptors (Lipinski definition) is 3. The van der Waals surface area contributed by atoms with Gasteiger partial charge in [0.25, 0.3) is 0 Å². The van der Waals surface area contributed by atoms with Crippen molar-refractivity contribution in [3.05, 3.63) is 12.4 Å². The highest BCUT2D eigenvalue weighted by atomic mass is 16.5. The van der Waals surface area contributed by atoms with Gasteiger partial charge in [-0.3, -0.25) is 0 Å². The van der Waals surface area contributed by atoms with Gasteiger partial charge in [-0.05, 0) is 6.92 Å². The molecule has 58 valence electrons. The van der Waals surface area contributed by atoms with E-state index in [-0.39, 0.29) is 0 Å². The Bertz CT molecular complexity index is 125. The lowest BCUT2D eigenvalue weighted by Gasteiger charge is -2.17. The lowest BCUT2D eigenvalue weighted by atomic mass is 10.8. The van der Waals surface area contributed by atoms with Crippen LogP contribution in [0.15, 0.2) is 12.4 Å². The summed E-state index contributed by atoms with van der Waals surface area (Å²) in [5.74, 6) is 0. The number of rotatable bonds is 3. The fraction of sp³-hybridized carbons (Fsp3) is 0.714. The van der Waals surface area contributed by atoms with Gasteiger partial charge in [-0.25, -0.2) is 0 Å². The van der Waals surface area contributed by atoms with Crippen molar-refractivity contribution in [2.24, 2.45) is 0 Å². The Labute approximate surface area is 61.9 Å².